The Morgan fingerprint density at radius 3 is 2.74 bits per heavy atom. The maximum absolute atomic E-state index is 14.6. The number of rotatable bonds is 7. The van der Waals surface area contributed by atoms with Crippen molar-refractivity contribution in [2.24, 2.45) is 5.92 Å². The van der Waals surface area contributed by atoms with E-state index >= 15 is 0 Å². The largest absolute Gasteiger partial charge is 0.450 e. The molecule has 1 atom stereocenters. The first kappa shape index (κ1) is 23.7. The molecule has 7 nitrogen and oxygen atoms in total. The van der Waals surface area contributed by atoms with Crippen LogP contribution in [0.3, 0.4) is 0 Å². The number of pyridine rings is 1. The average molecular weight is 490 g/mol. The fourth-order valence-corrected chi connectivity index (χ4v) is 3.75. The van der Waals surface area contributed by atoms with E-state index in [-0.39, 0.29) is 15.6 Å². The van der Waals surface area contributed by atoms with Crippen LogP contribution in [0.25, 0.3) is 11.0 Å². The predicted molar refractivity (Wildman–Crippen MR) is 119 cm³/mol. The lowest BCUT2D eigenvalue weighted by Crippen LogP contribution is -2.29. The molecule has 1 aliphatic heterocycles. The topological polar surface area (TPSA) is 88.3 Å². The van der Waals surface area contributed by atoms with Gasteiger partial charge in [-0.05, 0) is 31.2 Å². The quantitative estimate of drug-likeness (QED) is 0.267. The summed E-state index contributed by atoms with van der Waals surface area (Å²) >= 11 is 0. The van der Waals surface area contributed by atoms with Crippen LogP contribution in [0.2, 0.25) is 0 Å². The lowest BCUT2D eigenvalue weighted by Gasteiger charge is -2.13. The summed E-state index contributed by atoms with van der Waals surface area (Å²) in [6.45, 7) is 1.84. The summed E-state index contributed by atoms with van der Waals surface area (Å²) < 4.78 is 79.5. The molecule has 1 saturated heterocycles. The maximum atomic E-state index is 14.6. The number of alkyl halides is 3. The Morgan fingerprint density at radius 2 is 2.06 bits per heavy atom. The number of hydrogen-bond donors (Lipinski definition) is 3. The number of ether oxygens (including phenoxy) is 2. The van der Waals surface area contributed by atoms with Gasteiger partial charge >= 0.3 is 12.2 Å². The first-order valence-corrected chi connectivity index (χ1v) is 10.5. The van der Waals surface area contributed by atoms with Gasteiger partial charge < -0.3 is 25.1 Å². The molecule has 0 spiro atoms. The predicted octanol–water partition coefficient (Wildman–Crippen LogP) is 6.33. The van der Waals surface area contributed by atoms with Crippen molar-refractivity contribution in [3.05, 3.63) is 47.8 Å². The molecule has 1 unspecified atom stereocenters. The Hall–Kier alpha value is -3.41. The number of carbonyl (C=O) groups excluding carboxylic acids is 1. The number of fused-ring (bicyclic) bond motifs is 1. The van der Waals surface area contributed by atoms with Crippen LogP contribution in [-0.2, 0) is 10.9 Å². The monoisotopic (exact) mass is 490 g/mol. The minimum atomic E-state index is -4.73. The second-order valence-electron chi connectivity index (χ2n) is 7.86. The Bertz CT molecular complexity index is 1170. The third-order valence-electron chi connectivity index (χ3n) is 5.41. The summed E-state index contributed by atoms with van der Waals surface area (Å²) in [5.74, 6) is -3.27. The molecule has 0 radical (unpaired) electrons. The third kappa shape index (κ3) is 5.38. The Labute approximate surface area is 195 Å². The number of H-pyrrole nitrogens is 1. The summed E-state index contributed by atoms with van der Waals surface area (Å²) in [7, 11) is 0. The van der Waals surface area contributed by atoms with E-state index in [9.17, 15) is 26.7 Å². The van der Waals surface area contributed by atoms with Crippen molar-refractivity contribution in [1.29, 1.82) is 0 Å². The number of hydrogen-bond acceptors (Lipinski definition) is 4. The van der Waals surface area contributed by atoms with Crippen LogP contribution in [-0.4, -0.2) is 35.8 Å². The molecule has 188 valence electrons. The van der Waals surface area contributed by atoms with Crippen molar-refractivity contribution in [3.8, 4) is 11.5 Å². The molecule has 1 fully saturated rings. The van der Waals surface area contributed by atoms with Crippen molar-refractivity contribution in [1.82, 2.24) is 15.3 Å². The zero-order chi connectivity index (χ0) is 24.3. The second-order valence-corrected chi connectivity index (χ2v) is 7.86. The standard InChI is InChI=1S/C22H21F5N4O3.3H2/c23-15-8-13(31-21(32)29-5-1-2-12-4-7-33-11-12)9-16(24)19(15)34-17-3-6-28-20-18(17)14(10-30-20)22(25,26)27;;;/h3,6,8-10,12H,1-2,4-5,7,11H2,(H,28,30)(H2,29,31,32);3*1H. The van der Waals surface area contributed by atoms with Crippen molar-refractivity contribution in [2.75, 3.05) is 25.1 Å². The van der Waals surface area contributed by atoms with Gasteiger partial charge in [-0.3, -0.25) is 0 Å². The summed E-state index contributed by atoms with van der Waals surface area (Å²) in [6.07, 6.45) is -0.270. The lowest BCUT2D eigenvalue weighted by molar-refractivity contribution is -0.136. The van der Waals surface area contributed by atoms with Gasteiger partial charge in [-0.25, -0.2) is 18.6 Å². The molecular weight excluding hydrogens is 463 g/mol. The lowest BCUT2D eigenvalue weighted by atomic mass is 10.0. The van der Waals surface area contributed by atoms with E-state index in [1.165, 1.54) is 0 Å². The summed E-state index contributed by atoms with van der Waals surface area (Å²) in [5, 5.41) is 4.47. The van der Waals surface area contributed by atoms with E-state index in [2.05, 4.69) is 20.6 Å². The van der Waals surface area contributed by atoms with Crippen LogP contribution in [0, 0.1) is 17.6 Å². The van der Waals surface area contributed by atoms with Gasteiger partial charge in [0.1, 0.15) is 11.4 Å². The number of anilines is 1. The van der Waals surface area contributed by atoms with Crippen LogP contribution < -0.4 is 15.4 Å². The highest BCUT2D eigenvalue weighted by Gasteiger charge is 2.35. The minimum Gasteiger partial charge on any atom is -0.450 e. The number of carbonyl (C=O) groups is 1. The van der Waals surface area contributed by atoms with E-state index < -0.39 is 46.3 Å². The maximum Gasteiger partial charge on any atom is 0.418 e. The van der Waals surface area contributed by atoms with Crippen LogP contribution in [0.4, 0.5) is 32.4 Å². The third-order valence-corrected chi connectivity index (χ3v) is 5.41. The number of urea groups is 1. The summed E-state index contributed by atoms with van der Waals surface area (Å²) in [5.41, 5.74) is -1.41. The van der Waals surface area contributed by atoms with Crippen molar-refractivity contribution >= 4 is 22.8 Å². The summed E-state index contributed by atoms with van der Waals surface area (Å²) in [4.78, 5) is 18.2. The molecule has 2 aromatic heterocycles. The number of benzene rings is 1. The Balaban J connectivity index is 0.00000228. The van der Waals surface area contributed by atoms with E-state index in [0.717, 1.165) is 50.3 Å². The van der Waals surface area contributed by atoms with Gasteiger partial charge in [0.2, 0.25) is 0 Å². The number of amides is 2. The van der Waals surface area contributed by atoms with Gasteiger partial charge in [-0.1, -0.05) is 0 Å². The molecule has 0 aliphatic carbocycles. The molecule has 3 aromatic rings. The van der Waals surface area contributed by atoms with Crippen molar-refractivity contribution in [3.63, 3.8) is 0 Å². The van der Waals surface area contributed by atoms with E-state index in [1.54, 1.807) is 0 Å². The molecule has 4 rings (SSSR count). The van der Waals surface area contributed by atoms with Crippen LogP contribution >= 0.6 is 0 Å². The zero-order valence-corrected chi connectivity index (χ0v) is 17.8. The normalized spacial score (nSPS) is 16.1. The molecule has 12 heteroatoms. The average Bonchev–Trinajstić information content (AvgIpc) is 3.43. The second kappa shape index (κ2) is 9.84. The van der Waals surface area contributed by atoms with E-state index in [4.69, 9.17) is 9.47 Å². The van der Waals surface area contributed by atoms with Crippen molar-refractivity contribution in [2.45, 2.75) is 25.4 Å². The molecule has 1 aliphatic rings. The molecule has 34 heavy (non-hydrogen) atoms. The van der Waals surface area contributed by atoms with Crippen LogP contribution in [0.5, 0.6) is 11.5 Å². The first-order chi connectivity index (χ1) is 16.2. The fourth-order valence-electron chi connectivity index (χ4n) is 3.75. The number of halogens is 5. The van der Waals surface area contributed by atoms with Crippen LogP contribution in [0.15, 0.2) is 30.6 Å². The molecule has 0 bridgehead atoms. The Morgan fingerprint density at radius 1 is 1.29 bits per heavy atom. The molecule has 3 N–H and O–H groups in total. The van der Waals surface area contributed by atoms with Gasteiger partial charge in [-0.2, -0.15) is 13.2 Å². The fraction of sp³-hybridized carbons (Fsp3) is 0.364. The first-order valence-electron chi connectivity index (χ1n) is 10.5. The number of nitrogens with zero attached hydrogens (tertiary/aromatic N) is 1. The van der Waals surface area contributed by atoms with Gasteiger partial charge in [0.05, 0.1) is 10.9 Å². The molecule has 0 saturated carbocycles. The molecule has 3 heterocycles. The van der Waals surface area contributed by atoms with E-state index in [0.29, 0.717) is 25.3 Å². The Kier molecular flexibility index (Phi) is 6.87. The van der Waals surface area contributed by atoms with Crippen molar-refractivity contribution < 1.29 is 40.5 Å². The number of nitrogens with one attached hydrogen (secondary N) is 3. The molecule has 1 aromatic carbocycles. The SMILES string of the molecule is O=C(NCCCC1CCOC1)Nc1cc(F)c(Oc2ccnc3[nH]cc(C(F)(F)F)c23)c(F)c1.[HH].[HH].[HH]. The zero-order valence-electron chi connectivity index (χ0n) is 17.8. The minimum absolute atomic E-state index is 0. The molecular formula is C22H27F5N4O3. The van der Waals surface area contributed by atoms with Crippen LogP contribution in [0.1, 0.15) is 29.1 Å². The highest BCUT2D eigenvalue weighted by Crippen LogP contribution is 2.40. The number of aromatic amines is 1. The highest BCUT2D eigenvalue weighted by atomic mass is 19.4. The smallest absolute Gasteiger partial charge is 0.418 e. The summed E-state index contributed by atoms with van der Waals surface area (Å²) in [6, 6.07) is 2.05. The van der Waals surface area contributed by atoms with E-state index in [1.807, 2.05) is 0 Å². The van der Waals surface area contributed by atoms with Gasteiger partial charge in [-0.15, -0.1) is 0 Å². The van der Waals surface area contributed by atoms with Gasteiger partial charge in [0.25, 0.3) is 0 Å². The van der Waals surface area contributed by atoms with Gasteiger partial charge in [0.15, 0.2) is 17.4 Å². The van der Waals surface area contributed by atoms with Gasteiger partial charge in [0, 0.05) is 54.3 Å². The number of aromatic nitrogens is 2. The molecule has 2 amide bonds. The highest BCUT2D eigenvalue weighted by molar-refractivity contribution is 5.89.